The van der Waals surface area contributed by atoms with E-state index in [4.69, 9.17) is 22.1 Å². The van der Waals surface area contributed by atoms with Crippen LogP contribution in [0.1, 0.15) is 33.6 Å². The molecule has 0 aliphatic heterocycles. The summed E-state index contributed by atoms with van der Waals surface area (Å²) in [6, 6.07) is 1.19. The van der Waals surface area contributed by atoms with E-state index in [1.54, 1.807) is 20.8 Å². The highest BCUT2D eigenvalue weighted by atomic mass is 35.5. The summed E-state index contributed by atoms with van der Waals surface area (Å²) < 4.78 is 47.2. The summed E-state index contributed by atoms with van der Waals surface area (Å²) >= 11 is 5.70. The lowest BCUT2D eigenvalue weighted by molar-refractivity contribution is -0.136. The molecule has 0 spiro atoms. The summed E-state index contributed by atoms with van der Waals surface area (Å²) in [5.41, 5.74) is 4.58. The molecular formula is C16H22ClFN2O6S. The molecule has 0 aliphatic rings. The van der Waals surface area contributed by atoms with Crippen molar-refractivity contribution in [2.75, 3.05) is 6.54 Å². The van der Waals surface area contributed by atoms with E-state index >= 15 is 0 Å². The van der Waals surface area contributed by atoms with Crippen molar-refractivity contribution in [2.45, 2.75) is 50.2 Å². The number of benzene rings is 1. The number of nitrogens with one attached hydrogen (secondary N) is 1. The van der Waals surface area contributed by atoms with E-state index in [9.17, 15) is 22.4 Å². The van der Waals surface area contributed by atoms with Gasteiger partial charge in [0.2, 0.25) is 0 Å². The summed E-state index contributed by atoms with van der Waals surface area (Å²) in [5, 5.41) is 1.81. The van der Waals surface area contributed by atoms with Crippen molar-refractivity contribution in [1.29, 1.82) is 0 Å². The monoisotopic (exact) mass is 424 g/mol. The van der Waals surface area contributed by atoms with E-state index in [0.29, 0.717) is 6.42 Å². The second-order valence-corrected chi connectivity index (χ2v) is 8.48. The molecule has 152 valence electrons. The number of alkyl carbamates (subject to hydrolysis) is 1. The molecule has 1 aromatic carbocycles. The fourth-order valence-electron chi connectivity index (χ4n) is 1.91. The molecule has 1 atom stereocenters. The maximum Gasteiger partial charge on any atom is 0.408 e. The molecule has 0 aliphatic carbocycles. The molecule has 0 unspecified atom stereocenters. The Morgan fingerprint density at radius 1 is 1.33 bits per heavy atom. The van der Waals surface area contributed by atoms with Gasteiger partial charge in [0.1, 0.15) is 22.4 Å². The SMILES string of the molecule is CC(C)(C)OC(=O)N[C@H](CCCN)C(=O)OS(=O)(=O)c1ccc(F)cc1Cl. The molecule has 11 heteroatoms. The van der Waals surface area contributed by atoms with Crippen LogP contribution in [0.4, 0.5) is 9.18 Å². The first-order valence-corrected chi connectivity index (χ1v) is 9.77. The van der Waals surface area contributed by atoms with E-state index in [2.05, 4.69) is 9.50 Å². The van der Waals surface area contributed by atoms with Gasteiger partial charge in [0.25, 0.3) is 0 Å². The maximum atomic E-state index is 13.1. The Kier molecular flexibility index (Phi) is 8.00. The average molecular weight is 425 g/mol. The number of carbonyl (C=O) groups is 2. The predicted molar refractivity (Wildman–Crippen MR) is 96.1 cm³/mol. The molecule has 0 heterocycles. The Balaban J connectivity index is 2.96. The van der Waals surface area contributed by atoms with Crippen LogP contribution in [0.5, 0.6) is 0 Å². The molecule has 0 radical (unpaired) electrons. The van der Waals surface area contributed by atoms with Gasteiger partial charge in [-0.05, 0) is 58.4 Å². The molecular weight excluding hydrogens is 403 g/mol. The quantitative estimate of drug-likeness (QED) is 0.643. The summed E-state index contributed by atoms with van der Waals surface area (Å²) in [5.74, 6) is -1.99. The van der Waals surface area contributed by atoms with E-state index in [1.165, 1.54) is 0 Å². The van der Waals surface area contributed by atoms with E-state index in [0.717, 1.165) is 18.2 Å². The zero-order valence-corrected chi connectivity index (χ0v) is 16.7. The molecule has 0 aromatic heterocycles. The van der Waals surface area contributed by atoms with Gasteiger partial charge in [0.15, 0.2) is 0 Å². The lowest BCUT2D eigenvalue weighted by atomic mass is 10.1. The Morgan fingerprint density at radius 3 is 2.48 bits per heavy atom. The Bertz CT molecular complexity index is 795. The summed E-state index contributed by atoms with van der Waals surface area (Å²) in [6.07, 6.45) is -0.576. The highest BCUT2D eigenvalue weighted by Gasteiger charge is 2.30. The predicted octanol–water partition coefficient (Wildman–Crippen LogP) is 2.34. The third-order valence-electron chi connectivity index (χ3n) is 3.03. The molecule has 0 bridgehead atoms. The molecule has 1 rings (SSSR count). The zero-order valence-electron chi connectivity index (χ0n) is 15.1. The van der Waals surface area contributed by atoms with E-state index < -0.39 is 49.6 Å². The van der Waals surface area contributed by atoms with E-state index in [-0.39, 0.29) is 13.0 Å². The summed E-state index contributed by atoms with van der Waals surface area (Å²) in [6.45, 7) is 5.08. The standard InChI is InChI=1S/C16H22ClFN2O6S/c1-16(2,3)25-15(22)20-12(5-4-8-19)14(21)26-27(23,24)13-7-6-10(18)9-11(13)17/h6-7,9,12H,4-5,8,19H2,1-3H3,(H,20,22)/t12-/m1/s1. The fourth-order valence-corrected chi connectivity index (χ4v) is 3.32. The second-order valence-electron chi connectivity index (χ2n) is 6.56. The summed E-state index contributed by atoms with van der Waals surface area (Å²) in [7, 11) is -4.62. The number of nitrogens with two attached hydrogens (primary N) is 1. The topological polar surface area (TPSA) is 125 Å². The Morgan fingerprint density at radius 2 is 1.96 bits per heavy atom. The third kappa shape index (κ3) is 7.69. The molecule has 0 saturated heterocycles. The third-order valence-corrected chi connectivity index (χ3v) is 4.73. The van der Waals surface area contributed by atoms with Gasteiger partial charge in [0.05, 0.1) is 5.02 Å². The van der Waals surface area contributed by atoms with Crippen molar-refractivity contribution >= 4 is 33.8 Å². The molecule has 1 aromatic rings. The minimum absolute atomic E-state index is 0.0290. The number of rotatable bonds is 7. The molecule has 0 saturated carbocycles. The number of carbonyl (C=O) groups excluding carboxylic acids is 2. The normalized spacial score (nSPS) is 13.0. The Hall–Kier alpha value is -1.91. The van der Waals surface area contributed by atoms with Crippen LogP contribution < -0.4 is 11.1 Å². The van der Waals surface area contributed by atoms with Crippen molar-refractivity contribution in [3.05, 3.63) is 29.0 Å². The first-order chi connectivity index (χ1) is 12.4. The highest BCUT2D eigenvalue weighted by Crippen LogP contribution is 2.24. The Labute approximate surface area is 162 Å². The van der Waals surface area contributed by atoms with Crippen LogP contribution >= 0.6 is 11.6 Å². The minimum atomic E-state index is -4.62. The number of hydrogen-bond acceptors (Lipinski definition) is 7. The lowest BCUT2D eigenvalue weighted by Crippen LogP contribution is -2.45. The average Bonchev–Trinajstić information content (AvgIpc) is 2.48. The minimum Gasteiger partial charge on any atom is -0.444 e. The summed E-state index contributed by atoms with van der Waals surface area (Å²) in [4.78, 5) is 23.6. The second kappa shape index (κ2) is 9.34. The van der Waals surface area contributed by atoms with Gasteiger partial charge in [-0.3, -0.25) is 0 Å². The zero-order chi connectivity index (χ0) is 20.8. The van der Waals surface area contributed by atoms with Crippen LogP contribution in [0.25, 0.3) is 0 Å². The largest absolute Gasteiger partial charge is 0.444 e. The van der Waals surface area contributed by atoms with Crippen molar-refractivity contribution < 1.29 is 31.3 Å². The van der Waals surface area contributed by atoms with Crippen molar-refractivity contribution in [2.24, 2.45) is 5.73 Å². The lowest BCUT2D eigenvalue weighted by Gasteiger charge is -2.22. The first-order valence-electron chi connectivity index (χ1n) is 7.98. The highest BCUT2D eigenvalue weighted by molar-refractivity contribution is 7.87. The van der Waals surface area contributed by atoms with Crippen LogP contribution in [0, 0.1) is 5.82 Å². The van der Waals surface area contributed by atoms with Gasteiger partial charge < -0.3 is 20.0 Å². The first kappa shape index (κ1) is 23.1. The van der Waals surface area contributed by atoms with Crippen LogP contribution in [0.2, 0.25) is 5.02 Å². The smallest absolute Gasteiger partial charge is 0.408 e. The maximum absolute atomic E-state index is 13.1. The van der Waals surface area contributed by atoms with Gasteiger partial charge in [-0.25, -0.2) is 14.0 Å². The molecule has 0 fully saturated rings. The van der Waals surface area contributed by atoms with Crippen LogP contribution in [-0.2, 0) is 23.8 Å². The number of ether oxygens (including phenoxy) is 1. The molecule has 8 nitrogen and oxygen atoms in total. The van der Waals surface area contributed by atoms with Crippen LogP contribution in [0.15, 0.2) is 23.1 Å². The number of halogens is 2. The molecule has 1 amide bonds. The van der Waals surface area contributed by atoms with Gasteiger partial charge in [-0.15, -0.1) is 0 Å². The number of hydrogen-bond donors (Lipinski definition) is 2. The molecule has 3 N–H and O–H groups in total. The number of amides is 1. The van der Waals surface area contributed by atoms with E-state index in [1.807, 2.05) is 0 Å². The van der Waals surface area contributed by atoms with Gasteiger partial charge >= 0.3 is 22.2 Å². The van der Waals surface area contributed by atoms with Gasteiger partial charge in [-0.1, -0.05) is 11.6 Å². The van der Waals surface area contributed by atoms with Gasteiger partial charge in [0, 0.05) is 0 Å². The van der Waals surface area contributed by atoms with Gasteiger partial charge in [-0.2, -0.15) is 8.42 Å². The molecule has 27 heavy (non-hydrogen) atoms. The van der Waals surface area contributed by atoms with Crippen molar-refractivity contribution in [3.8, 4) is 0 Å². The fraction of sp³-hybridized carbons (Fsp3) is 0.500. The van der Waals surface area contributed by atoms with Crippen LogP contribution in [-0.4, -0.2) is 38.7 Å². The van der Waals surface area contributed by atoms with Crippen molar-refractivity contribution in [3.63, 3.8) is 0 Å². The van der Waals surface area contributed by atoms with Crippen LogP contribution in [0.3, 0.4) is 0 Å². The van der Waals surface area contributed by atoms with Crippen molar-refractivity contribution in [1.82, 2.24) is 5.32 Å².